The summed E-state index contributed by atoms with van der Waals surface area (Å²) in [6.45, 7) is 6.70. The first-order chi connectivity index (χ1) is 19.1. The molecule has 1 unspecified atom stereocenters. The van der Waals surface area contributed by atoms with Gasteiger partial charge in [-0.05, 0) is 57.4 Å². The standard InChI is InChI=1S/C27H30N8O4S/c1-4-35(25(28)39)26-32-19-12-16(17-13-30-22(15(2)36)31-14-17)11-18(21(19)40-26)23-29-8-5-20(33-23)34-9-6-27(3,7-10-34)24(37)38/h5,8,11-15,36H,4,6-7,9-10H2,1-3H3,(H2,28,39)(H,37,38). The normalized spacial score (nSPS) is 15.7. The molecule has 13 heteroatoms. The van der Waals surface area contributed by atoms with Crippen LogP contribution >= 0.6 is 11.3 Å². The maximum atomic E-state index is 12.1. The van der Waals surface area contributed by atoms with Crippen LogP contribution in [0.2, 0.25) is 0 Å². The van der Waals surface area contributed by atoms with Crippen molar-refractivity contribution in [2.24, 2.45) is 11.1 Å². The first-order valence-corrected chi connectivity index (χ1v) is 13.7. The van der Waals surface area contributed by atoms with Crippen LogP contribution < -0.4 is 15.5 Å². The maximum absolute atomic E-state index is 12.1. The van der Waals surface area contributed by atoms with Gasteiger partial charge in [0.05, 0.1) is 15.6 Å². The lowest BCUT2D eigenvalue weighted by Crippen LogP contribution is -2.43. The third-order valence-corrected chi connectivity index (χ3v) is 8.39. The number of fused-ring (bicyclic) bond motifs is 1. The Morgan fingerprint density at radius 3 is 2.45 bits per heavy atom. The molecular weight excluding hydrogens is 532 g/mol. The molecule has 0 saturated carbocycles. The summed E-state index contributed by atoms with van der Waals surface area (Å²) in [4.78, 5) is 49.9. The molecule has 0 spiro atoms. The fraction of sp³-hybridized carbons (Fsp3) is 0.370. The second-order valence-corrected chi connectivity index (χ2v) is 11.0. The number of piperidine rings is 1. The Bertz CT molecular complexity index is 1560. The van der Waals surface area contributed by atoms with E-state index in [1.165, 1.54) is 16.2 Å². The number of carboxylic acid groups (broad SMARTS) is 1. The van der Waals surface area contributed by atoms with E-state index in [2.05, 4.69) is 19.9 Å². The number of aliphatic carboxylic acids is 1. The van der Waals surface area contributed by atoms with Crippen molar-refractivity contribution >= 4 is 44.5 Å². The van der Waals surface area contributed by atoms with Crippen molar-refractivity contribution in [2.45, 2.75) is 39.7 Å². The van der Waals surface area contributed by atoms with Gasteiger partial charge in [-0.1, -0.05) is 11.3 Å². The number of hydrogen-bond acceptors (Lipinski definition) is 10. The molecule has 3 aromatic heterocycles. The number of rotatable bonds is 7. The molecule has 4 aromatic rings. The number of carboxylic acids is 1. The molecule has 0 aliphatic carbocycles. The summed E-state index contributed by atoms with van der Waals surface area (Å²) >= 11 is 1.33. The number of anilines is 2. The van der Waals surface area contributed by atoms with E-state index < -0.39 is 23.5 Å². The van der Waals surface area contributed by atoms with Gasteiger partial charge in [-0.15, -0.1) is 0 Å². The molecule has 1 aliphatic heterocycles. The molecule has 1 aromatic carbocycles. The van der Waals surface area contributed by atoms with Gasteiger partial charge in [-0.3, -0.25) is 9.69 Å². The van der Waals surface area contributed by atoms with Crippen LogP contribution in [0.1, 0.15) is 45.5 Å². The van der Waals surface area contributed by atoms with E-state index in [0.717, 1.165) is 10.3 Å². The number of carbonyl (C=O) groups excluding carboxylic acids is 1. The average molecular weight is 563 g/mol. The third-order valence-electron chi connectivity index (χ3n) is 7.26. The molecule has 1 atom stereocenters. The molecule has 1 fully saturated rings. The number of primary amides is 1. The molecular formula is C27H30N8O4S. The fourth-order valence-corrected chi connectivity index (χ4v) is 5.78. The minimum Gasteiger partial charge on any atom is -0.481 e. The van der Waals surface area contributed by atoms with Crippen molar-refractivity contribution in [3.05, 3.63) is 42.6 Å². The van der Waals surface area contributed by atoms with Gasteiger partial charge >= 0.3 is 12.0 Å². The largest absolute Gasteiger partial charge is 0.481 e. The Balaban J connectivity index is 1.59. The average Bonchev–Trinajstić information content (AvgIpc) is 3.36. The van der Waals surface area contributed by atoms with Crippen LogP contribution in [0.25, 0.3) is 32.7 Å². The van der Waals surface area contributed by atoms with E-state index in [1.54, 1.807) is 32.4 Å². The van der Waals surface area contributed by atoms with E-state index in [4.69, 9.17) is 15.7 Å². The molecule has 5 rings (SSSR count). The van der Waals surface area contributed by atoms with Gasteiger partial charge in [0.1, 0.15) is 11.9 Å². The number of benzene rings is 1. The monoisotopic (exact) mass is 562 g/mol. The van der Waals surface area contributed by atoms with Gasteiger partial charge in [0, 0.05) is 49.4 Å². The smallest absolute Gasteiger partial charge is 0.321 e. The number of thiazole rings is 1. The number of hydrogen-bond donors (Lipinski definition) is 3. The highest BCUT2D eigenvalue weighted by atomic mass is 32.1. The quantitative estimate of drug-likeness (QED) is 0.300. The van der Waals surface area contributed by atoms with Crippen molar-refractivity contribution in [3.63, 3.8) is 0 Å². The molecule has 2 amide bonds. The minimum absolute atomic E-state index is 0.317. The van der Waals surface area contributed by atoms with Crippen molar-refractivity contribution < 1.29 is 19.8 Å². The first-order valence-electron chi connectivity index (χ1n) is 12.9. The highest BCUT2D eigenvalue weighted by Gasteiger charge is 2.37. The topological polar surface area (TPSA) is 172 Å². The Kier molecular flexibility index (Phi) is 7.34. The molecule has 0 radical (unpaired) electrons. The summed E-state index contributed by atoms with van der Waals surface area (Å²) in [5, 5.41) is 19.9. The summed E-state index contributed by atoms with van der Waals surface area (Å²) in [6.07, 6.45) is 5.20. The number of nitrogens with zero attached hydrogens (tertiary/aromatic N) is 7. The third kappa shape index (κ3) is 5.17. The molecule has 0 bridgehead atoms. The van der Waals surface area contributed by atoms with Crippen LogP contribution in [0.3, 0.4) is 0 Å². The van der Waals surface area contributed by atoms with Crippen LogP contribution in [0.5, 0.6) is 0 Å². The van der Waals surface area contributed by atoms with Gasteiger partial charge in [-0.25, -0.2) is 29.7 Å². The van der Waals surface area contributed by atoms with E-state index in [-0.39, 0.29) is 0 Å². The second kappa shape index (κ2) is 10.7. The predicted octanol–water partition coefficient (Wildman–Crippen LogP) is 3.86. The summed E-state index contributed by atoms with van der Waals surface area (Å²) in [6, 6.07) is 5.04. The van der Waals surface area contributed by atoms with Crippen molar-refractivity contribution in [1.82, 2.24) is 24.9 Å². The molecule has 4 N–H and O–H groups in total. The summed E-state index contributed by atoms with van der Waals surface area (Å²) in [7, 11) is 0. The van der Waals surface area contributed by atoms with Gasteiger partial charge in [-0.2, -0.15) is 0 Å². The van der Waals surface area contributed by atoms with Crippen LogP contribution in [-0.4, -0.2) is 66.8 Å². The highest BCUT2D eigenvalue weighted by Crippen LogP contribution is 2.39. The Hall–Kier alpha value is -4.23. The number of urea groups is 1. The Morgan fingerprint density at radius 2 is 1.85 bits per heavy atom. The number of amides is 2. The number of nitrogens with two attached hydrogens (primary N) is 1. The highest BCUT2D eigenvalue weighted by molar-refractivity contribution is 7.23. The zero-order valence-electron chi connectivity index (χ0n) is 22.4. The van der Waals surface area contributed by atoms with E-state index >= 15 is 0 Å². The molecule has 4 heterocycles. The van der Waals surface area contributed by atoms with Crippen molar-refractivity contribution in [3.8, 4) is 22.5 Å². The molecule has 208 valence electrons. The lowest BCUT2D eigenvalue weighted by molar-refractivity contribution is -0.149. The molecule has 1 aliphatic rings. The second-order valence-electron chi connectivity index (χ2n) is 10.0. The molecule has 1 saturated heterocycles. The molecule has 40 heavy (non-hydrogen) atoms. The van der Waals surface area contributed by atoms with Crippen LogP contribution in [0.15, 0.2) is 36.8 Å². The van der Waals surface area contributed by atoms with Gasteiger partial charge in [0.15, 0.2) is 16.8 Å². The van der Waals surface area contributed by atoms with Crippen LogP contribution in [0, 0.1) is 5.41 Å². The van der Waals surface area contributed by atoms with Gasteiger partial charge in [0.2, 0.25) is 0 Å². The zero-order valence-corrected chi connectivity index (χ0v) is 23.2. The van der Waals surface area contributed by atoms with E-state index in [1.807, 2.05) is 25.1 Å². The van der Waals surface area contributed by atoms with Crippen molar-refractivity contribution in [1.29, 1.82) is 0 Å². The zero-order chi connectivity index (χ0) is 28.6. The lowest BCUT2D eigenvalue weighted by Gasteiger charge is -2.37. The van der Waals surface area contributed by atoms with E-state index in [0.29, 0.717) is 71.7 Å². The summed E-state index contributed by atoms with van der Waals surface area (Å²) in [5.74, 6) is 0.711. The van der Waals surface area contributed by atoms with Crippen LogP contribution in [-0.2, 0) is 4.79 Å². The number of aliphatic hydroxyl groups is 1. The SMILES string of the molecule is CCN(C(N)=O)c1nc2cc(-c3cnc(C(C)O)nc3)cc(-c3nccc(N4CCC(C)(C(=O)O)CC4)n3)c2s1. The predicted molar refractivity (Wildman–Crippen MR) is 152 cm³/mol. The minimum atomic E-state index is -0.790. The first kappa shape index (κ1) is 27.3. The fourth-order valence-electron chi connectivity index (χ4n) is 4.66. The molecule has 12 nitrogen and oxygen atoms in total. The van der Waals surface area contributed by atoms with Crippen LogP contribution in [0.4, 0.5) is 15.7 Å². The maximum Gasteiger partial charge on any atom is 0.321 e. The Morgan fingerprint density at radius 1 is 1.15 bits per heavy atom. The van der Waals surface area contributed by atoms with E-state index in [9.17, 15) is 19.8 Å². The Labute approximate surface area is 234 Å². The summed E-state index contributed by atoms with van der Waals surface area (Å²) < 4.78 is 0.786. The number of carbonyl (C=O) groups is 2. The van der Waals surface area contributed by atoms with Gasteiger partial charge < -0.3 is 20.8 Å². The lowest BCUT2D eigenvalue weighted by atomic mass is 9.80. The number of aliphatic hydroxyl groups excluding tert-OH is 1. The number of aromatic nitrogens is 5. The van der Waals surface area contributed by atoms with Crippen molar-refractivity contribution in [2.75, 3.05) is 29.4 Å². The summed E-state index contributed by atoms with van der Waals surface area (Å²) in [5.41, 5.74) is 7.68. The van der Waals surface area contributed by atoms with Gasteiger partial charge in [0.25, 0.3) is 0 Å².